The highest BCUT2D eigenvalue weighted by Crippen LogP contribution is 2.21. The van der Waals surface area contributed by atoms with Crippen molar-refractivity contribution in [3.05, 3.63) is 0 Å². The molecule has 0 aromatic rings. The Balaban J connectivity index is 1.92. The molecule has 0 spiro atoms. The Kier molecular flexibility index (Phi) is 4.66. The summed E-state index contributed by atoms with van der Waals surface area (Å²) in [5, 5.41) is 0. The number of nitrogens with two attached hydrogens (primary N) is 1. The highest BCUT2D eigenvalue weighted by Gasteiger charge is 2.20. The number of nitrogens with one attached hydrogen (secondary N) is 1. The van der Waals surface area contributed by atoms with Gasteiger partial charge in [-0.3, -0.25) is 5.43 Å². The number of hydrazine groups is 1. The normalized spacial score (nSPS) is 25.1. The van der Waals surface area contributed by atoms with E-state index in [2.05, 4.69) is 17.2 Å². The van der Waals surface area contributed by atoms with Gasteiger partial charge < -0.3 is 4.90 Å². The van der Waals surface area contributed by atoms with Gasteiger partial charge in [-0.1, -0.05) is 26.2 Å². The molecule has 98 valence electrons. The topological polar surface area (TPSA) is 53.6 Å². The molecule has 1 saturated carbocycles. The first-order valence-electron chi connectivity index (χ1n) is 7.09. The van der Waals surface area contributed by atoms with Crippen molar-refractivity contribution < 1.29 is 0 Å². The largest absolute Gasteiger partial charge is 0.342 e. The van der Waals surface area contributed by atoms with Crippen molar-refractivity contribution in [2.45, 2.75) is 57.9 Å². The van der Waals surface area contributed by atoms with Gasteiger partial charge in [0.15, 0.2) is 0 Å². The minimum Gasteiger partial charge on any atom is -0.342 e. The van der Waals surface area contributed by atoms with Gasteiger partial charge >= 0.3 is 0 Å². The van der Waals surface area contributed by atoms with Crippen LogP contribution in [0, 0.1) is 5.92 Å². The van der Waals surface area contributed by atoms with Gasteiger partial charge in [0.2, 0.25) is 5.96 Å². The van der Waals surface area contributed by atoms with E-state index in [-0.39, 0.29) is 0 Å². The smallest absolute Gasteiger partial charge is 0.208 e. The van der Waals surface area contributed by atoms with Gasteiger partial charge in [-0.2, -0.15) is 0 Å². The summed E-state index contributed by atoms with van der Waals surface area (Å²) in [6.07, 6.45) is 8.99. The molecule has 0 bridgehead atoms. The van der Waals surface area contributed by atoms with Crippen LogP contribution in [-0.4, -0.2) is 30.0 Å². The Morgan fingerprint density at radius 2 is 1.76 bits per heavy atom. The predicted molar refractivity (Wildman–Crippen MR) is 71.6 cm³/mol. The highest BCUT2D eigenvalue weighted by molar-refractivity contribution is 5.79. The summed E-state index contributed by atoms with van der Waals surface area (Å²) in [5.74, 6) is 7.40. The first kappa shape index (κ1) is 12.7. The van der Waals surface area contributed by atoms with Crippen molar-refractivity contribution in [3.63, 3.8) is 0 Å². The third-order valence-corrected chi connectivity index (χ3v) is 4.09. The van der Waals surface area contributed by atoms with E-state index >= 15 is 0 Å². The van der Waals surface area contributed by atoms with Crippen molar-refractivity contribution >= 4 is 5.96 Å². The molecule has 2 fully saturated rings. The number of likely N-dealkylation sites (tertiary alicyclic amines) is 1. The molecule has 0 aromatic heterocycles. The first-order valence-corrected chi connectivity index (χ1v) is 7.09. The summed E-state index contributed by atoms with van der Waals surface area (Å²) in [6, 6.07) is 0.495. The zero-order chi connectivity index (χ0) is 12.1. The predicted octanol–water partition coefficient (Wildman–Crippen LogP) is 1.87. The van der Waals surface area contributed by atoms with Gasteiger partial charge in [-0.05, 0) is 31.6 Å². The SMILES string of the molecule is CC1CCN(C(=NC2CCCCC2)NN)CC1. The fraction of sp³-hybridized carbons (Fsp3) is 0.923. The third kappa shape index (κ3) is 3.60. The molecule has 17 heavy (non-hydrogen) atoms. The van der Waals surface area contributed by atoms with Crippen molar-refractivity contribution in [1.82, 2.24) is 10.3 Å². The number of piperidine rings is 1. The van der Waals surface area contributed by atoms with Crippen molar-refractivity contribution in [3.8, 4) is 0 Å². The lowest BCUT2D eigenvalue weighted by atomic mass is 9.96. The second kappa shape index (κ2) is 6.24. The molecule has 0 aromatic carbocycles. The zero-order valence-corrected chi connectivity index (χ0v) is 11.0. The van der Waals surface area contributed by atoms with Crippen LogP contribution in [0.5, 0.6) is 0 Å². The van der Waals surface area contributed by atoms with Crippen molar-refractivity contribution in [2.75, 3.05) is 13.1 Å². The Bertz CT molecular complexity index is 250. The summed E-state index contributed by atoms with van der Waals surface area (Å²) in [7, 11) is 0. The Labute approximate surface area is 105 Å². The van der Waals surface area contributed by atoms with E-state index in [4.69, 9.17) is 10.8 Å². The van der Waals surface area contributed by atoms with Gasteiger partial charge in [0, 0.05) is 13.1 Å². The maximum Gasteiger partial charge on any atom is 0.208 e. The maximum absolute atomic E-state index is 5.63. The average Bonchev–Trinajstić information content (AvgIpc) is 2.38. The fourth-order valence-corrected chi connectivity index (χ4v) is 2.81. The van der Waals surface area contributed by atoms with Gasteiger partial charge in [0.25, 0.3) is 0 Å². The molecule has 2 rings (SSSR count). The van der Waals surface area contributed by atoms with E-state index in [9.17, 15) is 0 Å². The van der Waals surface area contributed by atoms with E-state index in [1.54, 1.807) is 0 Å². The summed E-state index contributed by atoms with van der Waals surface area (Å²) in [6.45, 7) is 4.51. The quantitative estimate of drug-likeness (QED) is 0.317. The minimum atomic E-state index is 0.495. The van der Waals surface area contributed by atoms with Crippen molar-refractivity contribution in [2.24, 2.45) is 16.8 Å². The summed E-state index contributed by atoms with van der Waals surface area (Å²) < 4.78 is 0. The highest BCUT2D eigenvalue weighted by atomic mass is 15.4. The number of hydrogen-bond acceptors (Lipinski definition) is 2. The molecule has 1 aliphatic carbocycles. The van der Waals surface area contributed by atoms with E-state index in [1.165, 1.54) is 44.9 Å². The third-order valence-electron chi connectivity index (χ3n) is 4.09. The second-order valence-electron chi connectivity index (χ2n) is 5.56. The summed E-state index contributed by atoms with van der Waals surface area (Å²) in [4.78, 5) is 7.12. The van der Waals surface area contributed by atoms with Crippen LogP contribution < -0.4 is 11.3 Å². The second-order valence-corrected chi connectivity index (χ2v) is 5.56. The molecule has 0 unspecified atom stereocenters. The van der Waals surface area contributed by atoms with Crippen molar-refractivity contribution in [1.29, 1.82) is 0 Å². The van der Waals surface area contributed by atoms with Crippen LogP contribution in [-0.2, 0) is 0 Å². The molecule has 3 N–H and O–H groups in total. The average molecular weight is 238 g/mol. The van der Waals surface area contributed by atoms with Gasteiger partial charge in [-0.25, -0.2) is 10.8 Å². The Hall–Kier alpha value is -0.770. The standard InChI is InChI=1S/C13H26N4/c1-11-7-9-17(10-8-11)13(16-14)15-12-5-3-2-4-6-12/h11-12H,2-10,14H2,1H3,(H,15,16). The number of aliphatic imine (C=N–C) groups is 1. The van der Waals surface area contributed by atoms with Crippen LogP contribution >= 0.6 is 0 Å². The van der Waals surface area contributed by atoms with Crippen LogP contribution in [0.4, 0.5) is 0 Å². The maximum atomic E-state index is 5.63. The summed E-state index contributed by atoms with van der Waals surface area (Å²) in [5.41, 5.74) is 2.81. The molecular formula is C13H26N4. The molecule has 4 nitrogen and oxygen atoms in total. The molecule has 0 amide bonds. The van der Waals surface area contributed by atoms with Gasteiger partial charge in [-0.15, -0.1) is 0 Å². The molecule has 2 aliphatic rings. The number of nitrogens with zero attached hydrogens (tertiary/aromatic N) is 2. The number of rotatable bonds is 1. The lowest BCUT2D eigenvalue weighted by molar-refractivity contribution is 0.271. The van der Waals surface area contributed by atoms with E-state index in [1.807, 2.05) is 0 Å². The Morgan fingerprint density at radius 3 is 2.35 bits per heavy atom. The van der Waals surface area contributed by atoms with E-state index in [0.29, 0.717) is 6.04 Å². The number of guanidine groups is 1. The first-order chi connectivity index (χ1) is 8.29. The van der Waals surface area contributed by atoms with Crippen LogP contribution in [0.25, 0.3) is 0 Å². The van der Waals surface area contributed by atoms with Crippen LogP contribution in [0.2, 0.25) is 0 Å². The summed E-state index contributed by atoms with van der Waals surface area (Å²) >= 11 is 0. The molecule has 1 heterocycles. The minimum absolute atomic E-state index is 0.495. The van der Waals surface area contributed by atoms with Crippen LogP contribution in [0.3, 0.4) is 0 Å². The Morgan fingerprint density at radius 1 is 1.12 bits per heavy atom. The monoisotopic (exact) mass is 238 g/mol. The molecule has 1 aliphatic heterocycles. The lowest BCUT2D eigenvalue weighted by Crippen LogP contribution is -2.48. The van der Waals surface area contributed by atoms with Gasteiger partial charge in [0.1, 0.15) is 0 Å². The molecular weight excluding hydrogens is 212 g/mol. The zero-order valence-electron chi connectivity index (χ0n) is 11.0. The fourth-order valence-electron chi connectivity index (χ4n) is 2.81. The van der Waals surface area contributed by atoms with E-state index in [0.717, 1.165) is 25.0 Å². The van der Waals surface area contributed by atoms with Gasteiger partial charge in [0.05, 0.1) is 6.04 Å². The lowest BCUT2D eigenvalue weighted by Gasteiger charge is -2.33. The van der Waals surface area contributed by atoms with Crippen LogP contribution in [0.15, 0.2) is 4.99 Å². The molecule has 0 radical (unpaired) electrons. The molecule has 1 saturated heterocycles. The van der Waals surface area contributed by atoms with E-state index < -0.39 is 0 Å². The number of hydrogen-bond donors (Lipinski definition) is 2. The molecule has 4 heteroatoms. The molecule has 0 atom stereocenters. The van der Waals surface area contributed by atoms with Crippen LogP contribution in [0.1, 0.15) is 51.9 Å².